The lowest BCUT2D eigenvalue weighted by atomic mass is 10.2. The Morgan fingerprint density at radius 3 is 2.75 bits per heavy atom. The van der Waals surface area contributed by atoms with E-state index in [1.807, 2.05) is 32.0 Å². The Hall–Kier alpha value is -2.36. The Morgan fingerprint density at radius 1 is 1.25 bits per heavy atom. The lowest BCUT2D eigenvalue weighted by molar-refractivity contribution is 0.112. The van der Waals surface area contributed by atoms with Crippen molar-refractivity contribution < 1.29 is 14.3 Å². The van der Waals surface area contributed by atoms with Crippen LogP contribution in [0.25, 0.3) is 0 Å². The number of pyridine rings is 1. The number of ether oxygens (including phenoxy) is 2. The Bertz CT molecular complexity index is 569. The largest absolute Gasteiger partial charge is 0.490 e. The van der Waals surface area contributed by atoms with E-state index in [0.717, 1.165) is 12.0 Å². The summed E-state index contributed by atoms with van der Waals surface area (Å²) in [5.74, 6) is 1.18. The molecule has 2 rings (SSSR count). The highest BCUT2D eigenvalue weighted by atomic mass is 16.5. The van der Waals surface area contributed by atoms with Gasteiger partial charge in [0, 0.05) is 11.8 Å². The summed E-state index contributed by atoms with van der Waals surface area (Å²) in [4.78, 5) is 15.1. The molecule has 0 fully saturated rings. The van der Waals surface area contributed by atoms with Crippen molar-refractivity contribution in [3.05, 3.63) is 53.9 Å². The molecule has 20 heavy (non-hydrogen) atoms. The number of rotatable bonds is 6. The van der Waals surface area contributed by atoms with Crippen molar-refractivity contribution in [3.8, 4) is 11.5 Å². The first-order valence-electron chi connectivity index (χ1n) is 6.54. The van der Waals surface area contributed by atoms with Gasteiger partial charge in [0.05, 0.1) is 12.3 Å². The van der Waals surface area contributed by atoms with Gasteiger partial charge in [-0.2, -0.15) is 0 Å². The van der Waals surface area contributed by atoms with E-state index in [2.05, 4.69) is 4.98 Å². The van der Waals surface area contributed by atoms with Crippen molar-refractivity contribution in [2.24, 2.45) is 0 Å². The summed E-state index contributed by atoms with van der Waals surface area (Å²) in [5.41, 5.74) is 1.40. The summed E-state index contributed by atoms with van der Waals surface area (Å²) in [6.45, 7) is 4.32. The molecule has 4 heteroatoms. The smallest absolute Gasteiger partial charge is 0.162 e. The van der Waals surface area contributed by atoms with E-state index in [1.165, 1.54) is 0 Å². The molecule has 1 heterocycles. The Labute approximate surface area is 118 Å². The molecule has 0 spiro atoms. The molecule has 4 nitrogen and oxygen atoms in total. The first kappa shape index (κ1) is 14.1. The van der Waals surface area contributed by atoms with E-state index in [1.54, 1.807) is 24.4 Å². The Kier molecular flexibility index (Phi) is 4.71. The lowest BCUT2D eigenvalue weighted by Crippen LogP contribution is -2.06. The normalized spacial score (nSPS) is 11.7. The zero-order valence-corrected chi connectivity index (χ0v) is 11.6. The van der Waals surface area contributed by atoms with Crippen molar-refractivity contribution in [1.29, 1.82) is 0 Å². The minimum atomic E-state index is -0.197. The Morgan fingerprint density at radius 2 is 2.10 bits per heavy atom. The minimum absolute atomic E-state index is 0.197. The molecule has 0 saturated heterocycles. The van der Waals surface area contributed by atoms with Gasteiger partial charge in [-0.3, -0.25) is 9.78 Å². The first-order valence-corrected chi connectivity index (χ1v) is 6.54. The van der Waals surface area contributed by atoms with E-state index in [9.17, 15) is 4.79 Å². The zero-order chi connectivity index (χ0) is 14.4. The molecule has 1 aromatic carbocycles. The zero-order valence-electron chi connectivity index (χ0n) is 11.6. The second kappa shape index (κ2) is 6.70. The molecular formula is C16H17NO3. The van der Waals surface area contributed by atoms with Crippen molar-refractivity contribution in [1.82, 2.24) is 4.98 Å². The summed E-state index contributed by atoms with van der Waals surface area (Å²) < 4.78 is 11.4. The van der Waals surface area contributed by atoms with Crippen LogP contribution in [0, 0.1) is 0 Å². The molecule has 104 valence electrons. The molecule has 0 radical (unpaired) electrons. The average Bonchev–Trinajstić information content (AvgIpc) is 2.50. The van der Waals surface area contributed by atoms with Gasteiger partial charge < -0.3 is 9.47 Å². The number of aromatic nitrogens is 1. The van der Waals surface area contributed by atoms with Gasteiger partial charge in [-0.15, -0.1) is 0 Å². The second-order valence-electron chi connectivity index (χ2n) is 4.27. The van der Waals surface area contributed by atoms with Gasteiger partial charge in [0.25, 0.3) is 0 Å². The molecule has 0 amide bonds. The van der Waals surface area contributed by atoms with Crippen LogP contribution in [0.4, 0.5) is 0 Å². The fraction of sp³-hybridized carbons (Fsp3) is 0.250. The number of aldehydes is 1. The van der Waals surface area contributed by atoms with Crippen LogP contribution < -0.4 is 9.47 Å². The minimum Gasteiger partial charge on any atom is -0.490 e. The fourth-order valence-electron chi connectivity index (χ4n) is 1.83. The van der Waals surface area contributed by atoms with Gasteiger partial charge in [0.15, 0.2) is 11.5 Å². The average molecular weight is 271 g/mol. The van der Waals surface area contributed by atoms with Crippen molar-refractivity contribution in [3.63, 3.8) is 0 Å². The molecule has 0 aliphatic heterocycles. The summed E-state index contributed by atoms with van der Waals surface area (Å²) in [7, 11) is 0. The summed E-state index contributed by atoms with van der Waals surface area (Å²) in [6, 6.07) is 10.8. The molecule has 1 unspecified atom stereocenters. The lowest BCUT2D eigenvalue weighted by Gasteiger charge is -2.17. The maximum absolute atomic E-state index is 10.8. The van der Waals surface area contributed by atoms with Crippen LogP contribution in [0.2, 0.25) is 0 Å². The topological polar surface area (TPSA) is 48.4 Å². The second-order valence-corrected chi connectivity index (χ2v) is 4.27. The number of benzene rings is 1. The highest BCUT2D eigenvalue weighted by Gasteiger charge is 2.12. The number of hydrogen-bond donors (Lipinski definition) is 0. The maximum atomic E-state index is 10.8. The molecule has 1 atom stereocenters. The molecular weight excluding hydrogens is 254 g/mol. The Balaban J connectivity index is 2.22. The van der Waals surface area contributed by atoms with Crippen LogP contribution in [0.15, 0.2) is 42.6 Å². The SMILES string of the molecule is CCOc1cc(C=O)ccc1OC(C)c1ccccn1. The van der Waals surface area contributed by atoms with Crippen LogP contribution >= 0.6 is 0 Å². The first-order chi connectivity index (χ1) is 9.74. The molecule has 2 aromatic rings. The van der Waals surface area contributed by atoms with Gasteiger partial charge in [-0.25, -0.2) is 0 Å². The number of carbonyl (C=O) groups is 1. The molecule has 0 saturated carbocycles. The third-order valence-corrected chi connectivity index (χ3v) is 2.81. The van der Waals surface area contributed by atoms with Crippen LogP contribution in [0.1, 0.15) is 36.0 Å². The maximum Gasteiger partial charge on any atom is 0.162 e. The summed E-state index contributed by atoms with van der Waals surface area (Å²) in [6.07, 6.45) is 2.32. The van der Waals surface area contributed by atoms with Gasteiger partial charge in [0.1, 0.15) is 12.4 Å². The third kappa shape index (κ3) is 3.35. The summed E-state index contributed by atoms with van der Waals surface area (Å²) in [5, 5.41) is 0. The van der Waals surface area contributed by atoms with E-state index >= 15 is 0 Å². The highest BCUT2D eigenvalue weighted by molar-refractivity contribution is 5.76. The standard InChI is InChI=1S/C16H17NO3/c1-3-19-16-10-13(11-18)7-8-15(16)20-12(2)14-6-4-5-9-17-14/h4-12H,3H2,1-2H3. The van der Waals surface area contributed by atoms with Gasteiger partial charge in [0.2, 0.25) is 0 Å². The monoisotopic (exact) mass is 271 g/mol. The van der Waals surface area contributed by atoms with E-state index < -0.39 is 0 Å². The highest BCUT2D eigenvalue weighted by Crippen LogP contribution is 2.31. The van der Waals surface area contributed by atoms with Crippen molar-refractivity contribution in [2.45, 2.75) is 20.0 Å². The van der Waals surface area contributed by atoms with Gasteiger partial charge in [-0.05, 0) is 44.2 Å². The van der Waals surface area contributed by atoms with Crippen molar-refractivity contribution in [2.75, 3.05) is 6.61 Å². The van der Waals surface area contributed by atoms with Crippen LogP contribution in [-0.4, -0.2) is 17.9 Å². The molecule has 0 N–H and O–H groups in total. The van der Waals surface area contributed by atoms with E-state index in [0.29, 0.717) is 23.7 Å². The third-order valence-electron chi connectivity index (χ3n) is 2.81. The predicted molar refractivity (Wildman–Crippen MR) is 76.3 cm³/mol. The molecule has 1 aromatic heterocycles. The summed E-state index contributed by atoms with van der Waals surface area (Å²) >= 11 is 0. The van der Waals surface area contributed by atoms with Gasteiger partial charge in [-0.1, -0.05) is 6.07 Å². The molecule has 0 bridgehead atoms. The van der Waals surface area contributed by atoms with E-state index in [-0.39, 0.29) is 6.10 Å². The van der Waals surface area contributed by atoms with Crippen LogP contribution in [0.3, 0.4) is 0 Å². The van der Waals surface area contributed by atoms with Crippen molar-refractivity contribution >= 4 is 6.29 Å². The van der Waals surface area contributed by atoms with Crippen LogP contribution in [0.5, 0.6) is 11.5 Å². The fourth-order valence-corrected chi connectivity index (χ4v) is 1.83. The molecule has 0 aliphatic rings. The van der Waals surface area contributed by atoms with E-state index in [4.69, 9.17) is 9.47 Å². The van der Waals surface area contributed by atoms with Gasteiger partial charge >= 0.3 is 0 Å². The quantitative estimate of drug-likeness (QED) is 0.755. The number of nitrogens with zero attached hydrogens (tertiary/aromatic N) is 1. The molecule has 0 aliphatic carbocycles. The number of carbonyl (C=O) groups excluding carboxylic acids is 1. The number of hydrogen-bond acceptors (Lipinski definition) is 4. The predicted octanol–water partition coefficient (Wildman–Crippen LogP) is 3.43. The van der Waals surface area contributed by atoms with Crippen LogP contribution in [-0.2, 0) is 0 Å².